The molecule has 7 nitrogen and oxygen atoms in total. The fourth-order valence-electron chi connectivity index (χ4n) is 2.79. The van der Waals surface area contributed by atoms with Crippen LogP contribution >= 0.6 is 11.6 Å². The molecule has 3 rings (SSSR count). The van der Waals surface area contributed by atoms with Gasteiger partial charge in [0.05, 0.1) is 40.6 Å². The Morgan fingerprint density at radius 1 is 1.23 bits per heavy atom. The predicted octanol–water partition coefficient (Wildman–Crippen LogP) is 2.82. The first-order valence-electron chi connectivity index (χ1n) is 8.04. The highest BCUT2D eigenvalue weighted by Gasteiger charge is 2.27. The zero-order chi connectivity index (χ0) is 18.9. The van der Waals surface area contributed by atoms with Crippen molar-refractivity contribution < 1.29 is 22.4 Å². The summed E-state index contributed by atoms with van der Waals surface area (Å²) < 4.78 is 37.3. The lowest BCUT2D eigenvalue weighted by atomic mass is 10.1. The first-order valence-corrected chi connectivity index (χ1v) is 9.86. The molecule has 0 atom stereocenters. The number of hydrogen-bond acceptors (Lipinski definition) is 5. The Morgan fingerprint density at radius 2 is 1.92 bits per heavy atom. The van der Waals surface area contributed by atoms with Gasteiger partial charge in [0.25, 0.3) is 5.91 Å². The molecule has 140 valence electrons. The summed E-state index contributed by atoms with van der Waals surface area (Å²) in [4.78, 5) is 12.6. The molecule has 2 heterocycles. The van der Waals surface area contributed by atoms with Gasteiger partial charge in [-0.3, -0.25) is 4.79 Å². The molecule has 0 unspecified atom stereocenters. The molecule has 1 fully saturated rings. The standard InChI is InChI=1S/C17H19ClN2O5S/c1-11-10-25-12(2)16(11)17(21)19-15-9-13(3-4-14(15)18)26(22,23)20-5-7-24-8-6-20/h3-4,9-10H,5-8H2,1-2H3,(H,19,21). The fourth-order valence-corrected chi connectivity index (χ4v) is 4.39. The van der Waals surface area contributed by atoms with Crippen molar-refractivity contribution >= 4 is 33.2 Å². The summed E-state index contributed by atoms with van der Waals surface area (Å²) >= 11 is 6.15. The Bertz CT molecular complexity index is 913. The number of anilines is 1. The molecular formula is C17H19ClN2O5S. The molecule has 0 spiro atoms. The number of nitrogens with zero attached hydrogens (tertiary/aromatic N) is 1. The van der Waals surface area contributed by atoms with Crippen LogP contribution < -0.4 is 5.32 Å². The topological polar surface area (TPSA) is 88.8 Å². The first kappa shape index (κ1) is 18.9. The average molecular weight is 399 g/mol. The third kappa shape index (κ3) is 3.64. The second-order valence-electron chi connectivity index (χ2n) is 5.96. The van der Waals surface area contributed by atoms with Crippen LogP contribution in [0.25, 0.3) is 0 Å². The Kier molecular flexibility index (Phi) is 5.38. The van der Waals surface area contributed by atoms with Gasteiger partial charge in [-0.2, -0.15) is 4.31 Å². The second kappa shape index (κ2) is 7.40. The SMILES string of the molecule is Cc1coc(C)c1C(=O)Nc1cc(S(=O)(=O)N2CCOCC2)ccc1Cl. The van der Waals surface area contributed by atoms with Crippen molar-refractivity contribution in [3.63, 3.8) is 0 Å². The normalized spacial score (nSPS) is 15.8. The van der Waals surface area contributed by atoms with Gasteiger partial charge in [-0.05, 0) is 32.0 Å². The monoisotopic (exact) mass is 398 g/mol. The third-order valence-corrected chi connectivity index (χ3v) is 6.40. The van der Waals surface area contributed by atoms with Crippen LogP contribution in [0.5, 0.6) is 0 Å². The van der Waals surface area contributed by atoms with E-state index in [1.54, 1.807) is 13.8 Å². The molecule has 1 N–H and O–H groups in total. The summed E-state index contributed by atoms with van der Waals surface area (Å²) in [7, 11) is -3.68. The van der Waals surface area contributed by atoms with Crippen LogP contribution in [-0.2, 0) is 14.8 Å². The van der Waals surface area contributed by atoms with E-state index in [1.807, 2.05) is 0 Å². The maximum atomic E-state index is 12.8. The van der Waals surface area contributed by atoms with Crippen LogP contribution in [-0.4, -0.2) is 44.9 Å². The first-order chi connectivity index (χ1) is 12.3. The quantitative estimate of drug-likeness (QED) is 0.855. The van der Waals surface area contributed by atoms with Gasteiger partial charge in [0.1, 0.15) is 5.76 Å². The highest BCUT2D eigenvalue weighted by Crippen LogP contribution is 2.28. The smallest absolute Gasteiger partial charge is 0.259 e. The largest absolute Gasteiger partial charge is 0.469 e. The molecule has 1 aliphatic rings. The lowest BCUT2D eigenvalue weighted by Gasteiger charge is -2.26. The van der Waals surface area contributed by atoms with Gasteiger partial charge in [-0.1, -0.05) is 11.6 Å². The average Bonchev–Trinajstić information content (AvgIpc) is 2.96. The molecule has 1 saturated heterocycles. The van der Waals surface area contributed by atoms with Crippen molar-refractivity contribution in [2.45, 2.75) is 18.7 Å². The van der Waals surface area contributed by atoms with Crippen LogP contribution in [0.2, 0.25) is 5.02 Å². The van der Waals surface area contributed by atoms with E-state index >= 15 is 0 Å². The van der Waals surface area contributed by atoms with Gasteiger partial charge in [0, 0.05) is 18.7 Å². The Hall–Kier alpha value is -1.87. The van der Waals surface area contributed by atoms with Gasteiger partial charge in [0.15, 0.2) is 0 Å². The number of carbonyl (C=O) groups is 1. The van der Waals surface area contributed by atoms with Crippen LogP contribution in [0.15, 0.2) is 33.8 Å². The molecule has 0 aliphatic carbocycles. The van der Waals surface area contributed by atoms with E-state index in [2.05, 4.69) is 5.32 Å². The number of halogens is 1. The summed E-state index contributed by atoms with van der Waals surface area (Å²) in [6.07, 6.45) is 1.49. The molecule has 1 amide bonds. The van der Waals surface area contributed by atoms with E-state index in [1.165, 1.54) is 28.8 Å². The maximum absolute atomic E-state index is 12.8. The number of ether oxygens (including phenoxy) is 1. The molecule has 1 aliphatic heterocycles. The van der Waals surface area contributed by atoms with Crippen molar-refractivity contribution in [3.8, 4) is 0 Å². The number of nitrogens with one attached hydrogen (secondary N) is 1. The number of benzene rings is 1. The number of carbonyl (C=O) groups excluding carboxylic acids is 1. The lowest BCUT2D eigenvalue weighted by Crippen LogP contribution is -2.40. The molecule has 0 bridgehead atoms. The van der Waals surface area contributed by atoms with E-state index in [9.17, 15) is 13.2 Å². The highest BCUT2D eigenvalue weighted by atomic mass is 35.5. The van der Waals surface area contributed by atoms with Gasteiger partial charge in [0.2, 0.25) is 10.0 Å². The van der Waals surface area contributed by atoms with Crippen LogP contribution in [0.3, 0.4) is 0 Å². The van der Waals surface area contributed by atoms with Crippen molar-refractivity contribution in [2.75, 3.05) is 31.6 Å². The number of hydrogen-bond donors (Lipinski definition) is 1. The summed E-state index contributed by atoms with van der Waals surface area (Å²) in [5.41, 5.74) is 1.32. The van der Waals surface area contributed by atoms with Crippen LogP contribution in [0, 0.1) is 13.8 Å². The highest BCUT2D eigenvalue weighted by molar-refractivity contribution is 7.89. The number of furan rings is 1. The van der Waals surface area contributed by atoms with Crippen LogP contribution in [0.1, 0.15) is 21.7 Å². The Balaban J connectivity index is 1.89. The summed E-state index contributed by atoms with van der Waals surface area (Å²) in [6, 6.07) is 4.26. The second-order valence-corrected chi connectivity index (χ2v) is 8.31. The number of amides is 1. The van der Waals surface area contributed by atoms with Crippen LogP contribution in [0.4, 0.5) is 5.69 Å². The maximum Gasteiger partial charge on any atom is 0.259 e. The predicted molar refractivity (Wildman–Crippen MR) is 97.2 cm³/mol. The van der Waals surface area contributed by atoms with Gasteiger partial charge in [-0.15, -0.1) is 0 Å². The number of aryl methyl sites for hydroxylation is 2. The minimum Gasteiger partial charge on any atom is -0.469 e. The number of rotatable bonds is 4. The third-order valence-electron chi connectivity index (χ3n) is 4.18. The molecule has 1 aromatic heterocycles. The van der Waals surface area contributed by atoms with Gasteiger partial charge >= 0.3 is 0 Å². The molecule has 2 aromatic rings. The van der Waals surface area contributed by atoms with E-state index in [-0.39, 0.29) is 15.6 Å². The summed E-state index contributed by atoms with van der Waals surface area (Å²) in [5, 5.41) is 2.92. The molecule has 9 heteroatoms. The van der Waals surface area contributed by atoms with Crippen molar-refractivity contribution in [1.82, 2.24) is 4.31 Å². The Morgan fingerprint density at radius 3 is 2.54 bits per heavy atom. The van der Waals surface area contributed by atoms with E-state index in [0.717, 1.165) is 0 Å². The zero-order valence-corrected chi connectivity index (χ0v) is 16.0. The molecule has 1 aromatic carbocycles. The summed E-state index contributed by atoms with van der Waals surface area (Å²) in [6.45, 7) is 4.74. The molecular weight excluding hydrogens is 380 g/mol. The van der Waals surface area contributed by atoms with Crippen molar-refractivity contribution in [2.24, 2.45) is 0 Å². The van der Waals surface area contributed by atoms with Crippen molar-refractivity contribution in [3.05, 3.63) is 46.4 Å². The Labute approximate surface area is 156 Å². The van der Waals surface area contributed by atoms with Gasteiger partial charge in [-0.25, -0.2) is 8.42 Å². The minimum atomic E-state index is -3.68. The van der Waals surface area contributed by atoms with E-state index in [4.69, 9.17) is 20.8 Å². The van der Waals surface area contributed by atoms with E-state index < -0.39 is 15.9 Å². The number of morpholine rings is 1. The van der Waals surface area contributed by atoms with E-state index in [0.29, 0.717) is 43.2 Å². The fraction of sp³-hybridized carbons (Fsp3) is 0.353. The molecule has 0 saturated carbocycles. The number of sulfonamides is 1. The van der Waals surface area contributed by atoms with Crippen molar-refractivity contribution in [1.29, 1.82) is 0 Å². The minimum absolute atomic E-state index is 0.0692. The lowest BCUT2D eigenvalue weighted by molar-refractivity contribution is 0.0730. The molecule has 26 heavy (non-hydrogen) atoms. The zero-order valence-electron chi connectivity index (χ0n) is 14.4. The van der Waals surface area contributed by atoms with Gasteiger partial charge < -0.3 is 14.5 Å². The molecule has 0 radical (unpaired) electrons. The summed E-state index contributed by atoms with van der Waals surface area (Å²) in [5.74, 6) is 0.0739.